The van der Waals surface area contributed by atoms with Gasteiger partial charge in [-0.1, -0.05) is 26.0 Å². The molecular weight excluding hydrogens is 404 g/mol. The standard InChI is InChI=1S/C26H30N2O4/c1-5-32-23(30)12-9-18-7-6-8-20(13-18)28-17(3)27-25-22(28)11-10-21-16(2)24(31)19(15-29)14-26(21,25)4/h6-9,12-13,15-16,21,29H,5,10-11,14H2,1-4H3/b12-9+,19-15-/t16-,21-,26-/m0/s1. The van der Waals surface area contributed by atoms with Gasteiger partial charge in [0.2, 0.25) is 0 Å². The Morgan fingerprint density at radius 3 is 2.91 bits per heavy atom. The normalized spacial score (nSPS) is 26.2. The van der Waals surface area contributed by atoms with Crippen molar-refractivity contribution in [3.05, 3.63) is 65.0 Å². The fourth-order valence-electron chi connectivity index (χ4n) is 5.60. The van der Waals surface area contributed by atoms with Gasteiger partial charge >= 0.3 is 5.97 Å². The minimum atomic E-state index is -0.359. The van der Waals surface area contributed by atoms with E-state index in [4.69, 9.17) is 9.72 Å². The maximum absolute atomic E-state index is 12.7. The van der Waals surface area contributed by atoms with Gasteiger partial charge in [-0.25, -0.2) is 9.78 Å². The van der Waals surface area contributed by atoms with E-state index in [2.05, 4.69) is 11.5 Å². The van der Waals surface area contributed by atoms with Crippen LogP contribution in [0, 0.1) is 18.8 Å². The van der Waals surface area contributed by atoms with Crippen molar-refractivity contribution >= 4 is 17.8 Å². The van der Waals surface area contributed by atoms with E-state index in [1.807, 2.05) is 38.1 Å². The summed E-state index contributed by atoms with van der Waals surface area (Å²) in [6, 6.07) is 7.98. The van der Waals surface area contributed by atoms with Gasteiger partial charge in [-0.3, -0.25) is 4.79 Å². The lowest BCUT2D eigenvalue weighted by atomic mass is 9.56. The van der Waals surface area contributed by atoms with E-state index in [-0.39, 0.29) is 29.0 Å². The predicted octanol–water partition coefficient (Wildman–Crippen LogP) is 4.63. The molecule has 0 saturated heterocycles. The highest BCUT2D eigenvalue weighted by atomic mass is 16.5. The Labute approximate surface area is 188 Å². The highest BCUT2D eigenvalue weighted by Gasteiger charge is 2.52. The fraction of sp³-hybridized carbons (Fsp3) is 0.423. The number of Topliss-reactive ketones (excluding diaryl/α,β-unsaturated/α-hetero) is 1. The molecule has 168 valence electrons. The highest BCUT2D eigenvalue weighted by molar-refractivity contribution is 5.98. The monoisotopic (exact) mass is 434 g/mol. The first-order valence-electron chi connectivity index (χ1n) is 11.2. The maximum atomic E-state index is 12.7. The lowest BCUT2D eigenvalue weighted by Gasteiger charge is -2.47. The van der Waals surface area contributed by atoms with Gasteiger partial charge in [0.05, 0.1) is 18.6 Å². The van der Waals surface area contributed by atoms with Gasteiger partial charge < -0.3 is 14.4 Å². The number of ketones is 1. The summed E-state index contributed by atoms with van der Waals surface area (Å²) in [5.74, 6) is 0.648. The quantitative estimate of drug-likeness (QED) is 0.431. The first-order valence-corrected chi connectivity index (χ1v) is 11.2. The Hall–Kier alpha value is -3.15. The third-order valence-corrected chi connectivity index (χ3v) is 7.07. The number of rotatable bonds is 4. The van der Waals surface area contributed by atoms with Gasteiger partial charge in [-0.2, -0.15) is 0 Å². The van der Waals surface area contributed by atoms with Crippen LogP contribution < -0.4 is 0 Å². The van der Waals surface area contributed by atoms with Gasteiger partial charge in [-0.05, 0) is 62.8 Å². The smallest absolute Gasteiger partial charge is 0.330 e. The number of esters is 1. The van der Waals surface area contributed by atoms with Crippen LogP contribution in [-0.2, 0) is 26.2 Å². The number of fused-ring (bicyclic) bond motifs is 3. The maximum Gasteiger partial charge on any atom is 0.330 e. The third kappa shape index (κ3) is 3.57. The number of aromatic nitrogens is 2. The first kappa shape index (κ1) is 22.1. The zero-order chi connectivity index (χ0) is 23.0. The lowest BCUT2D eigenvalue weighted by Crippen LogP contribution is -2.48. The molecule has 1 heterocycles. The molecule has 1 N–H and O–H groups in total. The Balaban J connectivity index is 1.74. The molecule has 32 heavy (non-hydrogen) atoms. The van der Waals surface area contributed by atoms with Crippen molar-refractivity contribution in [1.82, 2.24) is 9.55 Å². The average Bonchev–Trinajstić information content (AvgIpc) is 3.12. The Morgan fingerprint density at radius 2 is 2.19 bits per heavy atom. The summed E-state index contributed by atoms with van der Waals surface area (Å²) in [7, 11) is 0. The molecule has 6 heteroatoms. The Morgan fingerprint density at radius 1 is 1.41 bits per heavy atom. The molecule has 0 amide bonds. The van der Waals surface area contributed by atoms with Gasteiger partial charge in [-0.15, -0.1) is 0 Å². The topological polar surface area (TPSA) is 81.4 Å². The number of carbonyl (C=O) groups excluding carboxylic acids is 2. The van der Waals surface area contributed by atoms with Crippen LogP contribution in [0.25, 0.3) is 11.8 Å². The Bertz CT molecular complexity index is 1130. The van der Waals surface area contributed by atoms with Crippen LogP contribution >= 0.6 is 0 Å². The third-order valence-electron chi connectivity index (χ3n) is 7.07. The van der Waals surface area contributed by atoms with Crippen LogP contribution in [0.3, 0.4) is 0 Å². The van der Waals surface area contributed by atoms with Crippen molar-refractivity contribution in [2.24, 2.45) is 11.8 Å². The summed E-state index contributed by atoms with van der Waals surface area (Å²) in [4.78, 5) is 29.3. The van der Waals surface area contributed by atoms with Gasteiger partial charge in [0, 0.05) is 34.4 Å². The number of nitrogens with zero attached hydrogens (tertiary/aromatic N) is 2. The fourth-order valence-corrected chi connectivity index (χ4v) is 5.60. The van der Waals surface area contributed by atoms with E-state index in [0.29, 0.717) is 18.6 Å². The number of allylic oxidation sites excluding steroid dienone is 1. The minimum absolute atomic E-state index is 0.0515. The molecule has 0 radical (unpaired) electrons. The zero-order valence-electron chi connectivity index (χ0n) is 19.1. The summed E-state index contributed by atoms with van der Waals surface area (Å²) in [6.45, 7) is 8.28. The molecule has 0 aliphatic heterocycles. The van der Waals surface area contributed by atoms with Crippen LogP contribution in [0.2, 0.25) is 0 Å². The number of hydrogen-bond donors (Lipinski definition) is 1. The molecule has 4 rings (SSSR count). The molecule has 2 aliphatic carbocycles. The predicted molar refractivity (Wildman–Crippen MR) is 123 cm³/mol. The largest absolute Gasteiger partial charge is 0.515 e. The SMILES string of the molecule is CCOC(=O)/C=C/c1cccc(-n2c(C)nc3c2CC[C@H]2[C@H](C)C(=O)/C(=C\O)C[C@]32C)c1. The molecule has 1 aromatic carbocycles. The molecule has 1 aromatic heterocycles. The van der Waals surface area contributed by atoms with Crippen LogP contribution in [0.1, 0.15) is 56.4 Å². The van der Waals surface area contributed by atoms with E-state index < -0.39 is 0 Å². The summed E-state index contributed by atoms with van der Waals surface area (Å²) in [6.07, 6.45) is 6.43. The van der Waals surface area contributed by atoms with E-state index in [9.17, 15) is 14.7 Å². The number of aryl methyl sites for hydroxylation is 1. The zero-order valence-corrected chi connectivity index (χ0v) is 19.1. The van der Waals surface area contributed by atoms with Gasteiger partial charge in [0.1, 0.15) is 5.82 Å². The van der Waals surface area contributed by atoms with Crippen LogP contribution in [0.5, 0.6) is 0 Å². The number of hydrogen-bond acceptors (Lipinski definition) is 5. The first-order chi connectivity index (χ1) is 15.3. The summed E-state index contributed by atoms with van der Waals surface area (Å²) in [5, 5.41) is 9.68. The highest BCUT2D eigenvalue weighted by Crippen LogP contribution is 2.52. The summed E-state index contributed by atoms with van der Waals surface area (Å²) in [5.41, 5.74) is 4.26. The summed E-state index contributed by atoms with van der Waals surface area (Å²) < 4.78 is 7.15. The number of aliphatic hydroxyl groups is 1. The van der Waals surface area contributed by atoms with Crippen LogP contribution in [0.4, 0.5) is 0 Å². The average molecular weight is 435 g/mol. The Kier molecular flexibility index (Phi) is 5.80. The van der Waals surface area contributed by atoms with Crippen LogP contribution in [0.15, 0.2) is 42.2 Å². The second kappa shape index (κ2) is 8.41. The van der Waals surface area contributed by atoms with Crippen LogP contribution in [-0.4, -0.2) is 33.0 Å². The molecule has 0 unspecified atom stereocenters. The van der Waals surface area contributed by atoms with Crippen molar-refractivity contribution in [3.63, 3.8) is 0 Å². The number of carbonyl (C=O) groups is 2. The van der Waals surface area contributed by atoms with E-state index in [1.54, 1.807) is 13.0 Å². The second-order valence-corrected chi connectivity index (χ2v) is 9.02. The molecule has 6 nitrogen and oxygen atoms in total. The summed E-state index contributed by atoms with van der Waals surface area (Å²) >= 11 is 0. The van der Waals surface area contributed by atoms with E-state index >= 15 is 0 Å². The van der Waals surface area contributed by atoms with Crippen molar-refractivity contribution in [2.45, 2.75) is 52.4 Å². The molecule has 2 aromatic rings. The van der Waals surface area contributed by atoms with Crippen molar-refractivity contribution in [3.8, 4) is 5.69 Å². The molecule has 0 bridgehead atoms. The molecule has 3 atom stereocenters. The van der Waals surface area contributed by atoms with Gasteiger partial charge in [0.15, 0.2) is 5.78 Å². The molecule has 1 fully saturated rings. The van der Waals surface area contributed by atoms with E-state index in [1.165, 1.54) is 6.08 Å². The van der Waals surface area contributed by atoms with Crippen molar-refractivity contribution in [1.29, 1.82) is 0 Å². The molecule has 2 aliphatic rings. The molecule has 1 saturated carbocycles. The number of benzene rings is 1. The lowest BCUT2D eigenvalue weighted by molar-refractivity contribution is -0.137. The molecule has 0 spiro atoms. The number of ether oxygens (including phenoxy) is 1. The number of aliphatic hydroxyl groups excluding tert-OH is 1. The number of imidazole rings is 1. The van der Waals surface area contributed by atoms with Gasteiger partial charge in [0.25, 0.3) is 0 Å². The second-order valence-electron chi connectivity index (χ2n) is 9.02. The van der Waals surface area contributed by atoms with Crippen molar-refractivity contribution < 1.29 is 19.4 Å². The molecular formula is C26H30N2O4. The minimum Gasteiger partial charge on any atom is -0.515 e. The van der Waals surface area contributed by atoms with Crippen molar-refractivity contribution in [2.75, 3.05) is 6.61 Å². The van der Waals surface area contributed by atoms with E-state index in [0.717, 1.165) is 47.6 Å².